The summed E-state index contributed by atoms with van der Waals surface area (Å²) in [4.78, 5) is 12.7. The minimum Gasteiger partial charge on any atom is -0.481 e. The van der Waals surface area contributed by atoms with Gasteiger partial charge in [0.1, 0.15) is 0 Å². The Morgan fingerprint density at radius 1 is 1.53 bits per heavy atom. The number of aryl methyl sites for hydroxylation is 1. The van der Waals surface area contributed by atoms with Gasteiger partial charge in [-0.3, -0.25) is 4.79 Å². The lowest BCUT2D eigenvalue weighted by Gasteiger charge is -2.46. The van der Waals surface area contributed by atoms with Gasteiger partial charge in [0.2, 0.25) is 0 Å². The molecule has 1 N–H and O–H groups in total. The second-order valence-electron chi connectivity index (χ2n) is 5.14. The maximum atomic E-state index is 11.5. The van der Waals surface area contributed by atoms with E-state index in [9.17, 15) is 9.90 Å². The van der Waals surface area contributed by atoms with E-state index in [0.29, 0.717) is 13.2 Å². The van der Waals surface area contributed by atoms with Gasteiger partial charge in [0.15, 0.2) is 0 Å². The van der Waals surface area contributed by atoms with E-state index in [1.54, 1.807) is 11.3 Å². The molecular weight excluding hydrogens is 236 g/mol. The van der Waals surface area contributed by atoms with Gasteiger partial charge in [-0.25, -0.2) is 0 Å². The Kier molecular flexibility index (Phi) is 3.27. The molecule has 1 atom stereocenters. The molecule has 0 aromatic carbocycles. The van der Waals surface area contributed by atoms with Gasteiger partial charge in [-0.05, 0) is 29.9 Å². The molecule has 1 aromatic heterocycles. The lowest BCUT2D eigenvalue weighted by molar-refractivity contribution is -0.160. The van der Waals surface area contributed by atoms with E-state index in [2.05, 4.69) is 6.07 Å². The van der Waals surface area contributed by atoms with E-state index in [1.807, 2.05) is 26.2 Å². The van der Waals surface area contributed by atoms with Crippen molar-refractivity contribution in [3.63, 3.8) is 0 Å². The van der Waals surface area contributed by atoms with Crippen molar-refractivity contribution >= 4 is 17.3 Å². The van der Waals surface area contributed by atoms with Crippen LogP contribution in [0.15, 0.2) is 11.4 Å². The Labute approximate surface area is 105 Å². The summed E-state index contributed by atoms with van der Waals surface area (Å²) in [5.41, 5.74) is 0.878. The van der Waals surface area contributed by atoms with Gasteiger partial charge in [-0.2, -0.15) is 0 Å². The fraction of sp³-hybridized carbons (Fsp3) is 0.615. The molecule has 1 aromatic rings. The number of carboxylic acid groups (broad SMARTS) is 1. The lowest BCUT2D eigenvalue weighted by Crippen LogP contribution is -2.56. The highest BCUT2D eigenvalue weighted by Crippen LogP contribution is 2.46. The van der Waals surface area contributed by atoms with Gasteiger partial charge in [0, 0.05) is 4.88 Å². The van der Waals surface area contributed by atoms with Crippen molar-refractivity contribution in [1.29, 1.82) is 0 Å². The molecule has 0 amide bonds. The molecule has 0 radical (unpaired) electrons. The van der Waals surface area contributed by atoms with Crippen LogP contribution in [0, 0.1) is 18.8 Å². The van der Waals surface area contributed by atoms with Gasteiger partial charge in [-0.1, -0.05) is 13.8 Å². The topological polar surface area (TPSA) is 46.5 Å². The fourth-order valence-corrected chi connectivity index (χ4v) is 3.96. The Morgan fingerprint density at radius 3 is 2.47 bits per heavy atom. The molecule has 0 saturated carbocycles. The molecule has 0 bridgehead atoms. The van der Waals surface area contributed by atoms with Gasteiger partial charge in [-0.15, -0.1) is 11.3 Å². The lowest BCUT2D eigenvalue weighted by atomic mass is 9.67. The third-order valence-electron chi connectivity index (χ3n) is 3.56. The van der Waals surface area contributed by atoms with Gasteiger partial charge in [0.25, 0.3) is 0 Å². The summed E-state index contributed by atoms with van der Waals surface area (Å²) in [6, 6.07) is 2.05. The van der Waals surface area contributed by atoms with E-state index < -0.39 is 5.97 Å². The van der Waals surface area contributed by atoms with Crippen molar-refractivity contribution in [2.45, 2.75) is 26.2 Å². The summed E-state index contributed by atoms with van der Waals surface area (Å²) in [5, 5.41) is 11.5. The van der Waals surface area contributed by atoms with Crippen LogP contribution in [0.5, 0.6) is 0 Å². The molecule has 1 saturated heterocycles. The zero-order valence-corrected chi connectivity index (χ0v) is 11.2. The van der Waals surface area contributed by atoms with Crippen LogP contribution in [-0.4, -0.2) is 24.3 Å². The summed E-state index contributed by atoms with van der Waals surface area (Å²) in [5.74, 6) is -0.970. The molecular formula is C13H18O3S. The Balaban J connectivity index is 2.44. The molecule has 0 aliphatic carbocycles. The molecule has 1 aliphatic heterocycles. The SMILES string of the molecule is Cc1ccsc1C1(C(C(=O)O)C(C)C)COC1. The van der Waals surface area contributed by atoms with Crippen LogP contribution in [0.4, 0.5) is 0 Å². The molecule has 2 rings (SSSR count). The predicted molar refractivity (Wildman–Crippen MR) is 67.5 cm³/mol. The largest absolute Gasteiger partial charge is 0.481 e. The third-order valence-corrected chi connectivity index (χ3v) is 4.80. The average molecular weight is 254 g/mol. The monoisotopic (exact) mass is 254 g/mol. The van der Waals surface area contributed by atoms with E-state index in [-0.39, 0.29) is 17.3 Å². The number of carbonyl (C=O) groups is 1. The minimum absolute atomic E-state index is 0.109. The highest BCUT2D eigenvalue weighted by molar-refractivity contribution is 7.10. The van der Waals surface area contributed by atoms with Crippen molar-refractivity contribution in [2.75, 3.05) is 13.2 Å². The van der Waals surface area contributed by atoms with Crippen LogP contribution >= 0.6 is 11.3 Å². The van der Waals surface area contributed by atoms with Gasteiger partial charge >= 0.3 is 5.97 Å². The number of hydrogen-bond acceptors (Lipinski definition) is 3. The van der Waals surface area contributed by atoms with Crippen molar-refractivity contribution in [2.24, 2.45) is 11.8 Å². The quantitative estimate of drug-likeness (QED) is 0.898. The van der Waals surface area contributed by atoms with Crippen molar-refractivity contribution in [3.8, 4) is 0 Å². The molecule has 3 nitrogen and oxygen atoms in total. The van der Waals surface area contributed by atoms with Gasteiger partial charge in [0.05, 0.1) is 24.5 Å². The maximum absolute atomic E-state index is 11.5. The number of carboxylic acids is 1. The van der Waals surface area contributed by atoms with Crippen LogP contribution < -0.4 is 0 Å². The van der Waals surface area contributed by atoms with E-state index in [0.717, 1.165) is 0 Å². The smallest absolute Gasteiger partial charge is 0.307 e. The number of rotatable bonds is 4. The normalized spacial score (nSPS) is 20.0. The predicted octanol–water partition coefficient (Wildman–Crippen LogP) is 2.68. The second kappa shape index (κ2) is 4.42. The molecule has 17 heavy (non-hydrogen) atoms. The summed E-state index contributed by atoms with van der Waals surface area (Å²) >= 11 is 1.65. The van der Waals surface area contributed by atoms with Crippen LogP contribution in [0.3, 0.4) is 0 Å². The zero-order chi connectivity index (χ0) is 12.6. The molecule has 1 unspecified atom stereocenters. The highest BCUT2D eigenvalue weighted by atomic mass is 32.1. The molecule has 1 aliphatic rings. The molecule has 2 heterocycles. The third kappa shape index (κ3) is 1.89. The van der Waals surface area contributed by atoms with Crippen molar-refractivity contribution in [3.05, 3.63) is 21.9 Å². The first-order valence-electron chi connectivity index (χ1n) is 5.84. The second-order valence-corrected chi connectivity index (χ2v) is 6.06. The minimum atomic E-state index is -0.712. The van der Waals surface area contributed by atoms with Gasteiger partial charge < -0.3 is 9.84 Å². The Bertz CT molecular complexity index is 418. The first kappa shape index (κ1) is 12.6. The van der Waals surface area contributed by atoms with Crippen molar-refractivity contribution in [1.82, 2.24) is 0 Å². The van der Waals surface area contributed by atoms with Crippen LogP contribution in [0.25, 0.3) is 0 Å². The van der Waals surface area contributed by atoms with Crippen LogP contribution in [0.1, 0.15) is 24.3 Å². The fourth-order valence-electron chi connectivity index (χ4n) is 2.82. The van der Waals surface area contributed by atoms with E-state index in [4.69, 9.17) is 4.74 Å². The zero-order valence-electron chi connectivity index (χ0n) is 10.4. The maximum Gasteiger partial charge on any atom is 0.307 e. The number of thiophene rings is 1. The Morgan fingerprint density at radius 2 is 2.18 bits per heavy atom. The van der Waals surface area contributed by atoms with Crippen LogP contribution in [0.2, 0.25) is 0 Å². The molecule has 1 fully saturated rings. The highest BCUT2D eigenvalue weighted by Gasteiger charge is 2.53. The molecule has 4 heteroatoms. The number of hydrogen-bond donors (Lipinski definition) is 1. The van der Waals surface area contributed by atoms with Crippen LogP contribution in [-0.2, 0) is 14.9 Å². The standard InChI is InChI=1S/C13H18O3S/c1-8(2)10(12(14)15)13(6-16-7-13)11-9(3)4-5-17-11/h4-5,8,10H,6-7H2,1-3H3,(H,14,15). The van der Waals surface area contributed by atoms with E-state index >= 15 is 0 Å². The number of ether oxygens (including phenoxy) is 1. The summed E-state index contributed by atoms with van der Waals surface area (Å²) in [6.45, 7) is 7.06. The van der Waals surface area contributed by atoms with Crippen molar-refractivity contribution < 1.29 is 14.6 Å². The Hall–Kier alpha value is -0.870. The summed E-state index contributed by atoms with van der Waals surface area (Å²) in [7, 11) is 0. The summed E-state index contributed by atoms with van der Waals surface area (Å²) in [6.07, 6.45) is 0. The summed E-state index contributed by atoms with van der Waals surface area (Å²) < 4.78 is 5.34. The molecule has 94 valence electrons. The first-order chi connectivity index (χ1) is 7.99. The van der Waals surface area contributed by atoms with E-state index in [1.165, 1.54) is 10.4 Å². The molecule has 0 spiro atoms. The first-order valence-corrected chi connectivity index (χ1v) is 6.72. The average Bonchev–Trinajstić information content (AvgIpc) is 2.56. The number of aliphatic carboxylic acids is 1.